The minimum Gasteiger partial charge on any atom is -1.00 e. The van der Waals surface area contributed by atoms with Crippen molar-refractivity contribution in [1.29, 1.82) is 0 Å². The second-order valence-electron chi connectivity index (χ2n) is 20.8. The maximum absolute atomic E-state index is 11.4. The third kappa shape index (κ3) is 60.3. The van der Waals surface area contributed by atoms with Crippen molar-refractivity contribution in [1.82, 2.24) is 39.5 Å². The Hall–Kier alpha value is -1.60. The fourth-order valence-corrected chi connectivity index (χ4v) is 7.75. The van der Waals surface area contributed by atoms with E-state index in [1.54, 1.807) is 52.7 Å². The number of carbonyl (C=O) groups is 2. The van der Waals surface area contributed by atoms with Gasteiger partial charge in [-0.1, -0.05) is 105 Å². The summed E-state index contributed by atoms with van der Waals surface area (Å²) in [6.07, 6.45) is 14.1. The van der Waals surface area contributed by atoms with Gasteiger partial charge in [0.25, 0.3) is 0 Å². The van der Waals surface area contributed by atoms with Gasteiger partial charge in [-0.25, -0.2) is 32.1 Å². The predicted molar refractivity (Wildman–Crippen MR) is 327 cm³/mol. The van der Waals surface area contributed by atoms with Gasteiger partial charge in [0.1, 0.15) is 26.3 Å². The van der Waals surface area contributed by atoms with Crippen molar-refractivity contribution in [3.05, 3.63) is 71.8 Å². The fourth-order valence-electron chi connectivity index (χ4n) is 4.48. The molecule has 4 heterocycles. The molecule has 19 nitrogen and oxygen atoms in total. The Morgan fingerprint density at radius 2 is 0.961 bits per heavy atom. The number of aromatic nitrogens is 8. The van der Waals surface area contributed by atoms with E-state index in [9.17, 15) is 18.0 Å². The SMILES string of the molecule is C.C.CCOC(=O)c1cn[nH]c1.CCOC(=O)c1cnn(COCC[Si](C)(C)C)c1.CS(=O)(=O)Cl.C[Si](C)(C)CCOCCl.C[Si](C)(C)CCOCn1cc(CCl)cn1.C[Si](C)(C)CCOCn1cc(CO)cn1.[B][B].[H-].[Na+]. The molecule has 4 aromatic heterocycles. The number of carbonyl (C=O) groups excluding carboxylic acids is 2. The van der Waals surface area contributed by atoms with Gasteiger partial charge in [-0.15, -0.1) is 11.6 Å². The summed E-state index contributed by atoms with van der Waals surface area (Å²) < 4.78 is 55.1. The van der Waals surface area contributed by atoms with Crippen LogP contribution < -0.4 is 29.6 Å². The summed E-state index contributed by atoms with van der Waals surface area (Å²) in [5.74, 6) is -0.170. The van der Waals surface area contributed by atoms with Crippen molar-refractivity contribution in [3.63, 3.8) is 0 Å². The maximum Gasteiger partial charge on any atom is 1.00 e. The minimum atomic E-state index is -3.19. The molecule has 0 atom stereocenters. The normalized spacial score (nSPS) is 10.8. The van der Waals surface area contributed by atoms with Gasteiger partial charge in [0.15, 0.2) is 0 Å². The van der Waals surface area contributed by atoms with Crippen molar-refractivity contribution in [2.24, 2.45) is 0 Å². The molecular weight excluding hydrogens is 1150 g/mol. The van der Waals surface area contributed by atoms with E-state index in [4.69, 9.17) is 52.0 Å². The molecule has 0 amide bonds. The largest absolute Gasteiger partial charge is 1.00 e. The summed E-state index contributed by atoms with van der Waals surface area (Å²) >= 11 is 11.0. The molecule has 0 saturated heterocycles. The molecular formula is C47H96B2Cl3N8NaO11SSi4. The number of hydrogen-bond donors (Lipinski definition) is 2. The predicted octanol–water partition coefficient (Wildman–Crippen LogP) is 7.93. The molecule has 0 bridgehead atoms. The van der Waals surface area contributed by atoms with E-state index < -0.39 is 41.3 Å². The molecule has 0 spiro atoms. The number of ether oxygens (including phenoxy) is 6. The number of alkyl halides is 2. The first kappa shape index (κ1) is 86.7. The number of halogens is 3. The second-order valence-corrected chi connectivity index (χ2v) is 46.8. The van der Waals surface area contributed by atoms with Gasteiger partial charge >= 0.3 is 41.5 Å². The molecule has 0 aromatic carbocycles. The number of aliphatic hydroxyl groups excluding tert-OH is 1. The standard InChI is InChI=1S/C12H22N2O3Si.C10H19ClN2OSi.C10H20N2O2Si.C6H15ClOSi.C6H8N2O2.CH3ClO2S.2CH4.B2.Na.H/c1-5-17-12(15)11-8-13-14(9-11)10-16-6-7-18(2,3)4;1-15(2,3)5-4-14-9-13-8-10(6-11)7-12-13;1-15(2,3)5-4-14-9-12-7-10(8-13)6-11-12;1-9(2,3)5-4-8-6-7;1-2-10-6(9)5-3-7-8-4-5;1-5(2,3)4;;;1-2;;/h8-9H,5-7,10H2,1-4H3;7-8H,4-6,9H2,1-3H3;6-7,13H,4-5,8-9H2,1-3H3;4-6H2,1-3H3;3-4H,2H2,1H3,(H,7,8);1H3;2*1H4;;;/q;;;;;;;;;+1;-1. The van der Waals surface area contributed by atoms with Crippen molar-refractivity contribution < 1.29 is 82.5 Å². The average molecular weight is 1240 g/mol. The van der Waals surface area contributed by atoms with Gasteiger partial charge in [-0.05, 0) is 38.0 Å². The van der Waals surface area contributed by atoms with Gasteiger partial charge in [0, 0.05) is 121 Å². The van der Waals surface area contributed by atoms with Gasteiger partial charge in [-0.3, -0.25) is 5.10 Å². The second kappa shape index (κ2) is 49.0. The molecule has 4 aromatic rings. The molecule has 0 fully saturated rings. The van der Waals surface area contributed by atoms with E-state index in [1.165, 1.54) is 36.7 Å². The number of aliphatic hydroxyl groups is 1. The first-order chi connectivity index (χ1) is 34.3. The molecule has 0 aliphatic rings. The zero-order valence-corrected chi connectivity index (χ0v) is 56.9. The fraction of sp³-hybridized carbons (Fsp3) is 0.702. The summed E-state index contributed by atoms with van der Waals surface area (Å²) in [5.41, 5.74) is 2.78. The van der Waals surface area contributed by atoms with Gasteiger partial charge in [0.05, 0.1) is 67.9 Å². The molecule has 0 aliphatic carbocycles. The number of esters is 2. The number of H-pyrrole nitrogens is 1. The molecule has 2 N–H and O–H groups in total. The van der Waals surface area contributed by atoms with Gasteiger partial charge in [-0.2, -0.15) is 20.4 Å². The third-order valence-electron chi connectivity index (χ3n) is 8.60. The topological polar surface area (TPSA) is 226 Å². The van der Waals surface area contributed by atoms with E-state index >= 15 is 0 Å². The van der Waals surface area contributed by atoms with Crippen LogP contribution in [-0.2, 0) is 70.2 Å². The molecule has 4 rings (SSSR count). The molecule has 440 valence electrons. The van der Waals surface area contributed by atoms with Crippen LogP contribution in [0.2, 0.25) is 103 Å². The van der Waals surface area contributed by atoms with Crippen LogP contribution >= 0.6 is 33.9 Å². The zero-order chi connectivity index (χ0) is 57.4. The van der Waals surface area contributed by atoms with E-state index in [0.29, 0.717) is 56.5 Å². The number of hydrogen-bond acceptors (Lipinski definition) is 15. The maximum atomic E-state index is 11.4. The molecule has 30 heteroatoms. The van der Waals surface area contributed by atoms with Crippen LogP contribution in [0.15, 0.2) is 49.6 Å². The van der Waals surface area contributed by atoms with E-state index in [-0.39, 0.29) is 64.4 Å². The van der Waals surface area contributed by atoms with E-state index in [0.717, 1.165) is 49.9 Å². The average Bonchev–Trinajstić information content (AvgIpc) is 4.15. The van der Waals surface area contributed by atoms with Crippen LogP contribution in [0.4, 0.5) is 0 Å². The molecule has 4 radical (unpaired) electrons. The summed E-state index contributed by atoms with van der Waals surface area (Å²) in [5, 5.41) is 27.2. The zero-order valence-electron chi connectivity index (χ0n) is 48.8. The molecule has 0 aliphatic heterocycles. The Morgan fingerprint density at radius 3 is 1.26 bits per heavy atom. The number of nitrogens with one attached hydrogen (secondary N) is 1. The van der Waals surface area contributed by atoms with E-state index in [2.05, 4.69) is 135 Å². The molecule has 0 saturated carbocycles. The number of aromatic amines is 1. The van der Waals surface area contributed by atoms with Crippen molar-refractivity contribution >= 4 is 103 Å². The smallest absolute Gasteiger partial charge is 1.00 e. The van der Waals surface area contributed by atoms with Crippen LogP contribution in [0.25, 0.3) is 0 Å². The number of rotatable bonds is 25. The Morgan fingerprint density at radius 1 is 0.623 bits per heavy atom. The van der Waals surface area contributed by atoms with E-state index in [1.807, 2.05) is 6.20 Å². The Kier molecular flexibility index (Phi) is 55.2. The Balaban J connectivity index is -0.000000157. The Labute approximate surface area is 508 Å². The summed E-state index contributed by atoms with van der Waals surface area (Å²) in [4.78, 5) is 22.2. The van der Waals surface area contributed by atoms with Crippen LogP contribution in [0, 0.1) is 0 Å². The summed E-state index contributed by atoms with van der Waals surface area (Å²) in [6.45, 7) is 36.8. The van der Waals surface area contributed by atoms with Crippen LogP contribution in [0.3, 0.4) is 0 Å². The first-order valence-corrected chi connectivity index (χ1v) is 42.6. The minimum absolute atomic E-state index is 0. The molecule has 0 unspecified atom stereocenters. The summed E-state index contributed by atoms with van der Waals surface area (Å²) in [6, 6.07) is 5.03. The van der Waals surface area contributed by atoms with Crippen molar-refractivity contribution in [3.8, 4) is 0 Å². The van der Waals surface area contributed by atoms with Crippen molar-refractivity contribution in [2.75, 3.05) is 52.0 Å². The summed E-state index contributed by atoms with van der Waals surface area (Å²) in [7, 11) is 5.42. The third-order valence-corrected chi connectivity index (χ3v) is 15.9. The number of nitrogens with zero attached hydrogens (tertiary/aromatic N) is 7. The van der Waals surface area contributed by atoms with Gasteiger partial charge in [0.2, 0.25) is 9.05 Å². The van der Waals surface area contributed by atoms with Crippen molar-refractivity contribution in [2.45, 2.75) is 164 Å². The Bertz CT molecular complexity index is 2050. The first-order valence-electron chi connectivity index (χ1n) is 24.0. The molecule has 77 heavy (non-hydrogen) atoms. The monoisotopic (exact) mass is 1240 g/mol. The van der Waals surface area contributed by atoms with Gasteiger partial charge < -0.3 is 35.0 Å². The van der Waals surface area contributed by atoms with Crippen LogP contribution in [0.5, 0.6) is 0 Å². The van der Waals surface area contributed by atoms with Crippen LogP contribution in [0.1, 0.15) is 62.0 Å². The van der Waals surface area contributed by atoms with Crippen LogP contribution in [-0.4, -0.2) is 165 Å². The quantitative estimate of drug-likeness (QED) is 0.0211.